The lowest BCUT2D eigenvalue weighted by Crippen LogP contribution is -2.36. The zero-order valence-corrected chi connectivity index (χ0v) is 67.8. The molecule has 0 N–H and O–H groups in total. The third-order valence-corrected chi connectivity index (χ3v) is 21.3. The van der Waals surface area contributed by atoms with E-state index in [1.54, 1.807) is 65.8 Å². The molecule has 0 saturated carbocycles. The van der Waals surface area contributed by atoms with E-state index in [1.165, 1.54) is 105 Å². The number of ether oxygens (including phenoxy) is 4. The monoisotopic (exact) mass is 1730 g/mol. The molecule has 0 aliphatic carbocycles. The number of hydrogen-bond donors (Lipinski definition) is 0. The summed E-state index contributed by atoms with van der Waals surface area (Å²) in [5.74, 6) is 2.31. The molecule has 0 spiro atoms. The molecule has 2 unspecified atom stereocenters. The summed E-state index contributed by atoms with van der Waals surface area (Å²) in [5, 5.41) is 0. The SMILES string of the molecule is Cc1ccccc1CN(CCCOc1ccc(C(F)(F)F)cc1)C(C)c1cncs1.Cn1ccnc1C1Cc2ccccc2CN1CCCOc1ccc(C(F)(F)F)cc1.FC(F)(F)c1ccc(OCCCN(Cc2cccnc2)Cc2ccccc2C(F)(F)F)cc1.Fc1ccccc1CN(CCOc1ccc(C(F)(F)F)cc1)Cc1cncs1. The van der Waals surface area contributed by atoms with Gasteiger partial charge in [0.05, 0.1) is 64.7 Å². The van der Waals surface area contributed by atoms with E-state index < -0.39 is 58.7 Å². The highest BCUT2D eigenvalue weighted by Crippen LogP contribution is 2.38. The van der Waals surface area contributed by atoms with E-state index in [0.717, 1.165) is 116 Å². The third kappa shape index (κ3) is 29.6. The number of imidazole rings is 1. The van der Waals surface area contributed by atoms with Gasteiger partial charge in [-0.15, -0.1) is 22.7 Å². The fourth-order valence-corrected chi connectivity index (χ4v) is 14.5. The van der Waals surface area contributed by atoms with Gasteiger partial charge in [-0.3, -0.25) is 34.6 Å². The van der Waals surface area contributed by atoms with E-state index >= 15 is 0 Å². The number of nitrogens with zero attached hydrogens (tertiary/aromatic N) is 9. The van der Waals surface area contributed by atoms with E-state index in [4.69, 9.17) is 18.9 Å². The number of aromatic nitrogens is 5. The van der Waals surface area contributed by atoms with Crippen LogP contribution in [0.3, 0.4) is 0 Å². The van der Waals surface area contributed by atoms with Crippen molar-refractivity contribution in [2.45, 2.75) is 122 Å². The molecule has 31 heteroatoms. The van der Waals surface area contributed by atoms with E-state index in [2.05, 4.69) is 84.5 Å². The molecule has 0 bridgehead atoms. The predicted molar refractivity (Wildman–Crippen MR) is 433 cm³/mol. The molecule has 642 valence electrons. The Morgan fingerprint density at radius 3 is 1.44 bits per heavy atom. The van der Waals surface area contributed by atoms with Crippen molar-refractivity contribution >= 4 is 22.7 Å². The number of hydrogen-bond acceptors (Lipinski definition) is 14. The number of thiazole rings is 2. The van der Waals surface area contributed by atoms with Gasteiger partial charge in [-0.05, 0) is 188 Å². The van der Waals surface area contributed by atoms with Crippen molar-refractivity contribution in [1.29, 1.82) is 0 Å². The van der Waals surface area contributed by atoms with Crippen LogP contribution in [0.1, 0.15) is 121 Å². The summed E-state index contributed by atoms with van der Waals surface area (Å²) in [6.45, 7) is 11.2. The maximum atomic E-state index is 14.0. The standard InChI is InChI=1S/C24H22F6N2O.C23H24F3N3O.C23H25F3N2OS.C20H18F4N2OS/c25-23(26,27)20-8-10-21(11-9-20)33-14-4-13-32(16-18-5-3-12-31-15-18)17-19-6-1-2-7-22(19)24(28,29)30;1-28-13-11-27-22(28)21-15-17-5-2-3-6-18(17)16-29(21)12-4-14-30-20-9-7-19(8-10-20)23(24,25)26;1-17-6-3-4-7-19(17)15-28(18(2)22-14-27-16-30-22)12-5-13-29-21-10-8-20(9-11-21)23(24,25)26;21-19-4-2-1-3-15(19)12-26(13-18-11-25-14-28-18)9-10-27-17-7-5-16(6-8-17)20(22,23)24/h1-3,5-12,15H,4,13-14,16-17H2;2-3,5-11,13,21H,4,12,14-16H2,1H3;3-4,6-11,14,16,18H,5,12-13,15H2,1-2H3;1-8,11,14H,9-10,12-13H2. The number of benzene rings is 8. The summed E-state index contributed by atoms with van der Waals surface area (Å²) in [7, 11) is 2.01. The number of halogens is 16. The van der Waals surface area contributed by atoms with Crippen molar-refractivity contribution in [1.82, 2.24) is 44.1 Å². The first-order valence-electron chi connectivity index (χ1n) is 38.6. The average Bonchev–Trinajstić information content (AvgIpc) is 1.75. The summed E-state index contributed by atoms with van der Waals surface area (Å²) >= 11 is 3.14. The fourth-order valence-electron chi connectivity index (χ4n) is 13.2. The molecule has 1 aliphatic rings. The van der Waals surface area contributed by atoms with Gasteiger partial charge in [0, 0.05) is 131 Å². The van der Waals surface area contributed by atoms with Gasteiger partial charge in [-0.2, -0.15) is 65.9 Å². The molecule has 8 aromatic carbocycles. The summed E-state index contributed by atoms with van der Waals surface area (Å²) in [5.41, 5.74) is 6.86. The van der Waals surface area contributed by atoms with E-state index in [9.17, 15) is 70.2 Å². The van der Waals surface area contributed by atoms with Gasteiger partial charge in [0.2, 0.25) is 0 Å². The van der Waals surface area contributed by atoms with Crippen LogP contribution >= 0.6 is 22.7 Å². The maximum Gasteiger partial charge on any atom is 0.416 e. The number of aryl methyl sites for hydroxylation is 2. The van der Waals surface area contributed by atoms with E-state index in [-0.39, 0.29) is 43.2 Å². The van der Waals surface area contributed by atoms with Crippen LogP contribution in [-0.4, -0.2) is 96.7 Å². The third-order valence-electron chi connectivity index (χ3n) is 19.6. The Bertz CT molecular complexity index is 4960. The van der Waals surface area contributed by atoms with Crippen molar-refractivity contribution in [3.05, 3.63) is 343 Å². The molecule has 0 amide bonds. The lowest BCUT2D eigenvalue weighted by molar-refractivity contribution is -0.139. The lowest BCUT2D eigenvalue weighted by Gasteiger charge is -2.36. The number of rotatable bonds is 32. The predicted octanol–water partition coefficient (Wildman–Crippen LogP) is 23.5. The van der Waals surface area contributed by atoms with Gasteiger partial charge in [0.15, 0.2) is 0 Å². The molecule has 2 atom stereocenters. The zero-order chi connectivity index (χ0) is 86.6. The van der Waals surface area contributed by atoms with Gasteiger partial charge in [0.1, 0.15) is 41.2 Å². The summed E-state index contributed by atoms with van der Waals surface area (Å²) in [6.07, 6.45) is -8.30. The average molecular weight is 1730 g/mol. The second kappa shape index (κ2) is 44.2. The summed E-state index contributed by atoms with van der Waals surface area (Å²) in [6, 6.07) is 51.4. The molecule has 4 aromatic heterocycles. The smallest absolute Gasteiger partial charge is 0.416 e. The molecular weight excluding hydrogens is 1640 g/mol. The minimum Gasteiger partial charge on any atom is -0.494 e. The van der Waals surface area contributed by atoms with E-state index in [0.29, 0.717) is 80.9 Å². The van der Waals surface area contributed by atoms with Crippen LogP contribution in [-0.2, 0) is 83.6 Å². The number of alkyl halides is 15. The number of fused-ring (bicyclic) bond motifs is 1. The maximum absolute atomic E-state index is 14.0. The van der Waals surface area contributed by atoms with Crippen molar-refractivity contribution < 1.29 is 89.2 Å². The summed E-state index contributed by atoms with van der Waals surface area (Å²) in [4.78, 5) is 27.8. The number of pyridine rings is 1. The van der Waals surface area contributed by atoms with Crippen LogP contribution < -0.4 is 18.9 Å². The Kier molecular flexibility index (Phi) is 33.8. The molecule has 13 nitrogen and oxygen atoms in total. The van der Waals surface area contributed by atoms with Crippen LogP contribution in [0.15, 0.2) is 254 Å². The van der Waals surface area contributed by atoms with Gasteiger partial charge in [-0.25, -0.2) is 9.37 Å². The molecule has 0 saturated heterocycles. The van der Waals surface area contributed by atoms with Crippen LogP contribution in [0, 0.1) is 12.7 Å². The minimum atomic E-state index is -4.46. The van der Waals surface area contributed by atoms with E-state index in [1.807, 2.05) is 59.1 Å². The first-order valence-corrected chi connectivity index (χ1v) is 40.3. The highest BCUT2D eigenvalue weighted by atomic mass is 32.1. The lowest BCUT2D eigenvalue weighted by atomic mass is 9.93. The first-order chi connectivity index (χ1) is 57.8. The summed E-state index contributed by atoms with van der Waals surface area (Å²) < 4.78 is 230. The first kappa shape index (κ1) is 92.6. The largest absolute Gasteiger partial charge is 0.494 e. The van der Waals surface area contributed by atoms with Crippen molar-refractivity contribution in [3.8, 4) is 23.0 Å². The quantitative estimate of drug-likeness (QED) is 0.0296. The highest BCUT2D eigenvalue weighted by Gasteiger charge is 2.36. The van der Waals surface area contributed by atoms with Crippen molar-refractivity contribution in [3.63, 3.8) is 0 Å². The van der Waals surface area contributed by atoms with Gasteiger partial charge >= 0.3 is 30.9 Å². The van der Waals surface area contributed by atoms with Crippen LogP contribution in [0.25, 0.3) is 0 Å². The van der Waals surface area contributed by atoms with Crippen LogP contribution in [0.2, 0.25) is 0 Å². The van der Waals surface area contributed by atoms with Gasteiger partial charge < -0.3 is 23.5 Å². The second-order valence-corrected chi connectivity index (χ2v) is 30.3. The second-order valence-electron chi connectivity index (χ2n) is 28.4. The Labute approximate surface area is 699 Å². The highest BCUT2D eigenvalue weighted by molar-refractivity contribution is 7.09. The molecular formula is C90H89F16N9O4S2. The van der Waals surface area contributed by atoms with Crippen molar-refractivity contribution in [2.75, 3.05) is 52.6 Å². The molecule has 13 rings (SSSR count). The van der Waals surface area contributed by atoms with Crippen molar-refractivity contribution in [2.24, 2.45) is 7.05 Å². The normalized spacial score (nSPS) is 13.5. The zero-order valence-electron chi connectivity index (χ0n) is 66.2. The van der Waals surface area contributed by atoms with Crippen LogP contribution in [0.4, 0.5) is 70.2 Å². The Balaban J connectivity index is 0.000000170. The van der Waals surface area contributed by atoms with Gasteiger partial charge in [-0.1, -0.05) is 91.0 Å². The molecule has 0 fully saturated rings. The Hall–Kier alpha value is -10.7. The molecule has 12 aromatic rings. The molecule has 5 heterocycles. The van der Waals surface area contributed by atoms with Crippen LogP contribution in [0.5, 0.6) is 23.0 Å². The topological polar surface area (TPSA) is 106 Å². The fraction of sp³-hybridized carbons (Fsp3) is 0.311. The molecule has 0 radical (unpaired) electrons. The molecule has 121 heavy (non-hydrogen) atoms. The minimum absolute atomic E-state index is 0.0743. The van der Waals surface area contributed by atoms with Gasteiger partial charge in [0.25, 0.3) is 0 Å². The Morgan fingerprint density at radius 1 is 0.446 bits per heavy atom. The Morgan fingerprint density at radius 2 is 0.934 bits per heavy atom. The molecule has 1 aliphatic heterocycles.